The van der Waals surface area contributed by atoms with Crippen LogP contribution in [0.5, 0.6) is 11.5 Å². The lowest BCUT2D eigenvalue weighted by atomic mass is 10.2. The SMILES string of the molecule is COc1cc(Cl)c(NCc2ccsc2)cc1OC. The van der Waals surface area contributed by atoms with Gasteiger partial charge in [-0.1, -0.05) is 11.6 Å². The highest BCUT2D eigenvalue weighted by Gasteiger charge is 2.09. The van der Waals surface area contributed by atoms with Crippen molar-refractivity contribution >= 4 is 28.6 Å². The topological polar surface area (TPSA) is 30.5 Å². The molecule has 1 aromatic carbocycles. The van der Waals surface area contributed by atoms with Crippen LogP contribution in [0, 0.1) is 0 Å². The molecule has 0 aliphatic rings. The van der Waals surface area contributed by atoms with Crippen LogP contribution in [0.25, 0.3) is 0 Å². The van der Waals surface area contributed by atoms with E-state index in [4.69, 9.17) is 21.1 Å². The van der Waals surface area contributed by atoms with Gasteiger partial charge >= 0.3 is 0 Å². The molecule has 0 saturated heterocycles. The third kappa shape index (κ3) is 2.89. The summed E-state index contributed by atoms with van der Waals surface area (Å²) in [5.41, 5.74) is 2.06. The monoisotopic (exact) mass is 283 g/mol. The number of hydrogen-bond donors (Lipinski definition) is 1. The fourth-order valence-corrected chi connectivity index (χ4v) is 2.47. The lowest BCUT2D eigenvalue weighted by molar-refractivity contribution is 0.355. The maximum absolute atomic E-state index is 6.18. The van der Waals surface area contributed by atoms with E-state index >= 15 is 0 Å². The van der Waals surface area contributed by atoms with Crippen LogP contribution in [0.4, 0.5) is 5.69 Å². The lowest BCUT2D eigenvalue weighted by Gasteiger charge is -2.12. The van der Waals surface area contributed by atoms with E-state index in [1.165, 1.54) is 5.56 Å². The van der Waals surface area contributed by atoms with Gasteiger partial charge in [-0.05, 0) is 22.4 Å². The van der Waals surface area contributed by atoms with Gasteiger partial charge < -0.3 is 14.8 Å². The summed E-state index contributed by atoms with van der Waals surface area (Å²) in [6.07, 6.45) is 0. The molecule has 0 saturated carbocycles. The highest BCUT2D eigenvalue weighted by Crippen LogP contribution is 2.36. The van der Waals surface area contributed by atoms with Gasteiger partial charge in [0, 0.05) is 18.7 Å². The average Bonchev–Trinajstić information content (AvgIpc) is 2.90. The van der Waals surface area contributed by atoms with E-state index in [-0.39, 0.29) is 0 Å². The quantitative estimate of drug-likeness (QED) is 0.899. The van der Waals surface area contributed by atoms with E-state index in [0.717, 1.165) is 12.2 Å². The number of ether oxygens (including phenoxy) is 2. The van der Waals surface area contributed by atoms with Crippen LogP contribution >= 0.6 is 22.9 Å². The van der Waals surface area contributed by atoms with E-state index in [0.29, 0.717) is 16.5 Å². The van der Waals surface area contributed by atoms with Crippen LogP contribution in [0.1, 0.15) is 5.56 Å². The second-order valence-electron chi connectivity index (χ2n) is 3.67. The van der Waals surface area contributed by atoms with Crippen molar-refractivity contribution in [2.45, 2.75) is 6.54 Å². The maximum atomic E-state index is 6.18. The highest BCUT2D eigenvalue weighted by molar-refractivity contribution is 7.07. The first-order valence-corrected chi connectivity index (χ1v) is 6.73. The molecule has 0 radical (unpaired) electrons. The van der Waals surface area contributed by atoms with Gasteiger partial charge in [-0.15, -0.1) is 0 Å². The molecule has 0 bridgehead atoms. The molecule has 1 heterocycles. The number of benzene rings is 1. The Morgan fingerprint density at radius 2 is 1.94 bits per heavy atom. The van der Waals surface area contributed by atoms with Crippen LogP contribution in [-0.4, -0.2) is 14.2 Å². The Labute approximate surface area is 115 Å². The van der Waals surface area contributed by atoms with Crippen LogP contribution in [0.3, 0.4) is 0 Å². The second kappa shape index (κ2) is 5.98. The number of rotatable bonds is 5. The first kappa shape index (κ1) is 13.1. The molecule has 0 atom stereocenters. The Balaban J connectivity index is 2.17. The Morgan fingerprint density at radius 1 is 1.22 bits per heavy atom. The molecule has 0 aliphatic carbocycles. The summed E-state index contributed by atoms with van der Waals surface area (Å²) in [4.78, 5) is 0. The van der Waals surface area contributed by atoms with Crippen molar-refractivity contribution in [2.24, 2.45) is 0 Å². The Kier molecular flexibility index (Phi) is 4.33. The summed E-state index contributed by atoms with van der Waals surface area (Å²) in [5, 5.41) is 8.04. The average molecular weight is 284 g/mol. The van der Waals surface area contributed by atoms with E-state index in [2.05, 4.69) is 16.8 Å². The van der Waals surface area contributed by atoms with Gasteiger partial charge in [-0.25, -0.2) is 0 Å². The van der Waals surface area contributed by atoms with Crippen molar-refractivity contribution in [3.05, 3.63) is 39.5 Å². The van der Waals surface area contributed by atoms with Crippen molar-refractivity contribution in [3.63, 3.8) is 0 Å². The Morgan fingerprint density at radius 3 is 2.56 bits per heavy atom. The maximum Gasteiger partial charge on any atom is 0.162 e. The molecule has 2 rings (SSSR count). The number of hydrogen-bond acceptors (Lipinski definition) is 4. The molecule has 0 amide bonds. The molecular weight excluding hydrogens is 270 g/mol. The molecule has 3 nitrogen and oxygen atoms in total. The molecule has 1 N–H and O–H groups in total. The van der Waals surface area contributed by atoms with E-state index < -0.39 is 0 Å². The molecule has 18 heavy (non-hydrogen) atoms. The van der Waals surface area contributed by atoms with Crippen LogP contribution in [0.2, 0.25) is 5.02 Å². The fraction of sp³-hybridized carbons (Fsp3) is 0.231. The number of nitrogens with one attached hydrogen (secondary N) is 1. The van der Waals surface area contributed by atoms with Crippen molar-refractivity contribution < 1.29 is 9.47 Å². The molecule has 0 fully saturated rings. The van der Waals surface area contributed by atoms with Gasteiger partial charge in [-0.2, -0.15) is 11.3 Å². The number of halogens is 1. The normalized spacial score (nSPS) is 10.2. The predicted molar refractivity (Wildman–Crippen MR) is 76.2 cm³/mol. The summed E-state index contributed by atoms with van der Waals surface area (Å²) >= 11 is 7.86. The summed E-state index contributed by atoms with van der Waals surface area (Å²) in [6, 6.07) is 5.66. The Bertz CT molecular complexity index is 514. The molecule has 96 valence electrons. The van der Waals surface area contributed by atoms with Crippen molar-refractivity contribution in [1.82, 2.24) is 0 Å². The van der Waals surface area contributed by atoms with Crippen LogP contribution in [0.15, 0.2) is 29.0 Å². The van der Waals surface area contributed by atoms with Crippen molar-refractivity contribution in [2.75, 3.05) is 19.5 Å². The summed E-state index contributed by atoms with van der Waals surface area (Å²) in [6.45, 7) is 0.735. The zero-order valence-corrected chi connectivity index (χ0v) is 11.8. The number of thiophene rings is 1. The minimum atomic E-state index is 0.614. The minimum absolute atomic E-state index is 0.614. The summed E-state index contributed by atoms with van der Waals surface area (Å²) in [7, 11) is 3.20. The third-order valence-corrected chi connectivity index (χ3v) is 3.58. The third-order valence-electron chi connectivity index (χ3n) is 2.54. The Hall–Kier alpha value is -1.39. The molecule has 0 unspecified atom stereocenters. The second-order valence-corrected chi connectivity index (χ2v) is 4.86. The van der Waals surface area contributed by atoms with Gasteiger partial charge in [-0.3, -0.25) is 0 Å². The molecule has 2 aromatic rings. The van der Waals surface area contributed by atoms with Crippen molar-refractivity contribution in [3.8, 4) is 11.5 Å². The number of methoxy groups -OCH3 is 2. The van der Waals surface area contributed by atoms with Gasteiger partial charge in [0.25, 0.3) is 0 Å². The lowest BCUT2D eigenvalue weighted by Crippen LogP contribution is -2.00. The smallest absolute Gasteiger partial charge is 0.162 e. The first-order valence-electron chi connectivity index (χ1n) is 5.41. The van der Waals surface area contributed by atoms with E-state index in [9.17, 15) is 0 Å². The van der Waals surface area contributed by atoms with Crippen LogP contribution < -0.4 is 14.8 Å². The largest absolute Gasteiger partial charge is 0.493 e. The number of anilines is 1. The van der Waals surface area contributed by atoms with Gasteiger partial charge in [0.2, 0.25) is 0 Å². The van der Waals surface area contributed by atoms with E-state index in [1.807, 2.05) is 11.4 Å². The van der Waals surface area contributed by atoms with Crippen LogP contribution in [-0.2, 0) is 6.54 Å². The van der Waals surface area contributed by atoms with Gasteiger partial charge in [0.05, 0.1) is 24.9 Å². The predicted octanol–water partition coefficient (Wildman–Crippen LogP) is 4.03. The molecule has 1 aromatic heterocycles. The molecule has 5 heteroatoms. The molecule has 0 aliphatic heterocycles. The fourth-order valence-electron chi connectivity index (χ4n) is 1.58. The van der Waals surface area contributed by atoms with E-state index in [1.54, 1.807) is 31.6 Å². The van der Waals surface area contributed by atoms with Gasteiger partial charge in [0.1, 0.15) is 0 Å². The minimum Gasteiger partial charge on any atom is -0.493 e. The summed E-state index contributed by atoms with van der Waals surface area (Å²) < 4.78 is 10.4. The highest BCUT2D eigenvalue weighted by atomic mass is 35.5. The standard InChI is InChI=1S/C13H14ClNO2S/c1-16-12-5-10(14)11(6-13(12)17-2)15-7-9-3-4-18-8-9/h3-6,8,15H,7H2,1-2H3. The van der Waals surface area contributed by atoms with Crippen molar-refractivity contribution in [1.29, 1.82) is 0 Å². The zero-order valence-electron chi connectivity index (χ0n) is 10.2. The molecular formula is C13H14ClNO2S. The first-order chi connectivity index (χ1) is 8.74. The molecule has 0 spiro atoms. The van der Waals surface area contributed by atoms with Gasteiger partial charge in [0.15, 0.2) is 11.5 Å². The summed E-state index contributed by atoms with van der Waals surface area (Å²) in [5.74, 6) is 1.29. The zero-order chi connectivity index (χ0) is 13.0.